The minimum atomic E-state index is 0.117. The third-order valence-electron chi connectivity index (χ3n) is 1.63. The molecule has 1 unspecified atom stereocenters. The van der Waals surface area contributed by atoms with Crippen LogP contribution in [0.5, 0.6) is 0 Å². The molecular weight excluding hydrogens is 138 g/mol. The van der Waals surface area contributed by atoms with E-state index in [0.29, 0.717) is 0 Å². The van der Waals surface area contributed by atoms with Crippen molar-refractivity contribution in [2.45, 2.75) is 33.6 Å². The smallest absolute Gasteiger partial charge is 0.226 e. The van der Waals surface area contributed by atoms with Crippen molar-refractivity contribution in [2.24, 2.45) is 5.92 Å². The minimum absolute atomic E-state index is 0.117. The average Bonchev–Trinajstić information content (AvgIpc) is 2.02. The topological polar surface area (TPSA) is 29.1 Å². The lowest BCUT2D eigenvalue weighted by Gasteiger charge is -2.19. The van der Waals surface area contributed by atoms with Gasteiger partial charge in [-0.1, -0.05) is 27.4 Å². The van der Waals surface area contributed by atoms with Crippen molar-refractivity contribution in [3.05, 3.63) is 12.3 Å². The van der Waals surface area contributed by atoms with Gasteiger partial charge in [-0.3, -0.25) is 4.79 Å². The highest BCUT2D eigenvalue weighted by Gasteiger charge is 2.18. The van der Waals surface area contributed by atoms with Crippen LogP contribution in [0.15, 0.2) is 12.3 Å². The summed E-state index contributed by atoms with van der Waals surface area (Å²) >= 11 is 0. The maximum absolute atomic E-state index is 10.8. The van der Waals surface area contributed by atoms with E-state index in [2.05, 4.69) is 11.9 Å². The van der Waals surface area contributed by atoms with Crippen molar-refractivity contribution in [3.63, 3.8) is 0 Å². The van der Waals surface area contributed by atoms with E-state index in [4.69, 9.17) is 0 Å². The van der Waals surface area contributed by atoms with Gasteiger partial charge >= 0.3 is 0 Å². The minimum Gasteiger partial charge on any atom is -0.330 e. The predicted molar refractivity (Wildman–Crippen MR) is 47.0 cm³/mol. The molecule has 0 saturated carbocycles. The van der Waals surface area contributed by atoms with Gasteiger partial charge in [-0.25, -0.2) is 0 Å². The second kappa shape index (κ2) is 4.94. The highest BCUT2D eigenvalue weighted by Crippen LogP contribution is 2.14. The van der Waals surface area contributed by atoms with Crippen LogP contribution in [-0.2, 0) is 4.79 Å². The average molecular weight is 155 g/mol. The summed E-state index contributed by atoms with van der Waals surface area (Å²) in [5.74, 6) is 0.293. The van der Waals surface area contributed by atoms with Crippen molar-refractivity contribution >= 4 is 5.91 Å². The highest BCUT2D eigenvalue weighted by molar-refractivity contribution is 5.80. The van der Waals surface area contributed by atoms with E-state index in [9.17, 15) is 4.79 Å². The number of allylic oxidation sites excluding steroid dienone is 1. The van der Waals surface area contributed by atoms with Gasteiger partial charge in [0.05, 0.1) is 0 Å². The maximum atomic E-state index is 10.8. The van der Waals surface area contributed by atoms with Crippen LogP contribution in [0.25, 0.3) is 0 Å². The molecular formula is C9H17NO. The van der Waals surface area contributed by atoms with Crippen molar-refractivity contribution in [1.29, 1.82) is 0 Å². The summed E-state index contributed by atoms with van der Waals surface area (Å²) in [6, 6.07) is 0. The van der Waals surface area contributed by atoms with Crippen LogP contribution in [0, 0.1) is 5.92 Å². The summed E-state index contributed by atoms with van der Waals surface area (Å²) < 4.78 is 0. The maximum Gasteiger partial charge on any atom is 0.226 e. The quantitative estimate of drug-likeness (QED) is 0.570. The Morgan fingerprint density at radius 1 is 1.55 bits per heavy atom. The molecule has 1 amide bonds. The van der Waals surface area contributed by atoms with E-state index < -0.39 is 0 Å². The molecule has 0 aliphatic carbocycles. The van der Waals surface area contributed by atoms with Crippen molar-refractivity contribution < 1.29 is 4.79 Å². The summed E-state index contributed by atoms with van der Waals surface area (Å²) in [5, 5.41) is 2.70. The molecule has 1 aliphatic rings. The molecule has 1 atom stereocenters. The fourth-order valence-electron chi connectivity index (χ4n) is 0.882. The Labute approximate surface area is 68.7 Å². The van der Waals surface area contributed by atoms with Crippen molar-refractivity contribution in [1.82, 2.24) is 5.32 Å². The Hall–Kier alpha value is -0.790. The van der Waals surface area contributed by atoms with E-state index in [-0.39, 0.29) is 11.8 Å². The molecule has 0 radical (unpaired) electrons. The molecule has 1 saturated heterocycles. The molecule has 0 spiro atoms. The molecule has 2 nitrogen and oxygen atoms in total. The van der Waals surface area contributed by atoms with Crippen LogP contribution in [-0.4, -0.2) is 5.91 Å². The summed E-state index contributed by atoms with van der Waals surface area (Å²) in [6.07, 6.45) is 1.89. The zero-order valence-corrected chi connectivity index (χ0v) is 7.61. The summed E-state index contributed by atoms with van der Waals surface area (Å²) in [6.45, 7) is 9.60. The second-order valence-corrected chi connectivity index (χ2v) is 2.53. The second-order valence-electron chi connectivity index (χ2n) is 2.53. The lowest BCUT2D eigenvalue weighted by Crippen LogP contribution is -2.32. The number of carbonyl (C=O) groups is 1. The van der Waals surface area contributed by atoms with Crippen LogP contribution in [0.3, 0.4) is 0 Å². The molecule has 11 heavy (non-hydrogen) atoms. The molecule has 0 aromatic rings. The normalized spacial score (nSPS) is 23.4. The van der Waals surface area contributed by atoms with Gasteiger partial charge in [-0.15, -0.1) is 0 Å². The number of hydrogen-bond donors (Lipinski definition) is 1. The SMILES string of the molecule is C=C1CCC(C)C(=O)N1.CC. The van der Waals surface area contributed by atoms with E-state index in [0.717, 1.165) is 18.5 Å². The van der Waals surface area contributed by atoms with Gasteiger partial charge in [0.1, 0.15) is 0 Å². The third kappa shape index (κ3) is 3.21. The summed E-state index contributed by atoms with van der Waals surface area (Å²) in [4.78, 5) is 10.8. The fraction of sp³-hybridized carbons (Fsp3) is 0.667. The largest absolute Gasteiger partial charge is 0.330 e. The van der Waals surface area contributed by atoms with Gasteiger partial charge < -0.3 is 5.32 Å². The number of hydrogen-bond acceptors (Lipinski definition) is 1. The summed E-state index contributed by atoms with van der Waals surface area (Å²) in [5.41, 5.74) is 0.859. The van der Waals surface area contributed by atoms with Gasteiger partial charge in [-0.2, -0.15) is 0 Å². The highest BCUT2D eigenvalue weighted by atomic mass is 16.1. The van der Waals surface area contributed by atoms with Crippen LogP contribution >= 0.6 is 0 Å². The lowest BCUT2D eigenvalue weighted by molar-refractivity contribution is -0.124. The Morgan fingerprint density at radius 3 is 2.45 bits per heavy atom. The monoisotopic (exact) mass is 155 g/mol. The molecule has 1 N–H and O–H groups in total. The number of nitrogens with one attached hydrogen (secondary N) is 1. The van der Waals surface area contributed by atoms with Crippen LogP contribution in [0.1, 0.15) is 33.6 Å². The number of amides is 1. The van der Waals surface area contributed by atoms with Crippen LogP contribution in [0.2, 0.25) is 0 Å². The van der Waals surface area contributed by atoms with E-state index in [1.54, 1.807) is 0 Å². The first-order valence-corrected chi connectivity index (χ1v) is 4.19. The van der Waals surface area contributed by atoms with E-state index in [1.165, 1.54) is 0 Å². The Balaban J connectivity index is 0.000000461. The number of carbonyl (C=O) groups excluding carboxylic acids is 1. The van der Waals surface area contributed by atoms with Gasteiger partial charge in [0.15, 0.2) is 0 Å². The first kappa shape index (κ1) is 10.2. The van der Waals surface area contributed by atoms with Crippen LogP contribution < -0.4 is 5.32 Å². The molecule has 1 aliphatic heterocycles. The van der Waals surface area contributed by atoms with Gasteiger partial charge in [0.25, 0.3) is 0 Å². The van der Waals surface area contributed by atoms with E-state index >= 15 is 0 Å². The van der Waals surface area contributed by atoms with Gasteiger partial charge in [-0.05, 0) is 12.8 Å². The molecule has 0 bridgehead atoms. The van der Waals surface area contributed by atoms with Crippen molar-refractivity contribution in [3.8, 4) is 0 Å². The number of piperidine rings is 1. The molecule has 1 fully saturated rings. The van der Waals surface area contributed by atoms with Crippen LogP contribution in [0.4, 0.5) is 0 Å². The first-order valence-electron chi connectivity index (χ1n) is 4.19. The summed E-state index contributed by atoms with van der Waals surface area (Å²) in [7, 11) is 0. The van der Waals surface area contributed by atoms with Crippen molar-refractivity contribution in [2.75, 3.05) is 0 Å². The molecule has 2 heteroatoms. The fourth-order valence-corrected chi connectivity index (χ4v) is 0.882. The standard InChI is InChI=1S/C7H11NO.C2H6/c1-5-3-4-6(2)8-7(5)9;1-2/h5H,2-4H2,1H3,(H,8,9);1-2H3. The lowest BCUT2D eigenvalue weighted by atomic mass is 9.99. The van der Waals surface area contributed by atoms with Gasteiger partial charge in [0, 0.05) is 11.6 Å². The Kier molecular flexibility index (Phi) is 4.59. The Bertz CT molecular complexity index is 152. The molecule has 0 aromatic heterocycles. The zero-order chi connectivity index (χ0) is 8.85. The number of rotatable bonds is 0. The van der Waals surface area contributed by atoms with E-state index in [1.807, 2.05) is 20.8 Å². The predicted octanol–water partition coefficient (Wildman–Crippen LogP) is 2.07. The molecule has 0 aromatic carbocycles. The third-order valence-corrected chi connectivity index (χ3v) is 1.63. The van der Waals surface area contributed by atoms with Gasteiger partial charge in [0.2, 0.25) is 5.91 Å². The molecule has 1 rings (SSSR count). The Morgan fingerprint density at radius 2 is 2.09 bits per heavy atom. The first-order chi connectivity index (χ1) is 5.20. The molecule has 64 valence electrons. The molecule has 1 heterocycles. The zero-order valence-electron chi connectivity index (χ0n) is 7.61.